The molecule has 1 atom stereocenters. The van der Waals surface area contributed by atoms with Gasteiger partial charge in [-0.3, -0.25) is 0 Å². The molecule has 1 heterocycles. The van der Waals surface area contributed by atoms with E-state index in [0.29, 0.717) is 11.2 Å². The van der Waals surface area contributed by atoms with Crippen molar-refractivity contribution < 1.29 is 9.50 Å². The minimum absolute atomic E-state index is 0.130. The van der Waals surface area contributed by atoms with E-state index in [2.05, 4.69) is 4.98 Å². The lowest BCUT2D eigenvalue weighted by Gasteiger charge is -2.03. The van der Waals surface area contributed by atoms with E-state index >= 15 is 0 Å². The van der Waals surface area contributed by atoms with Crippen molar-refractivity contribution >= 4 is 10.9 Å². The van der Waals surface area contributed by atoms with Gasteiger partial charge >= 0.3 is 0 Å². The van der Waals surface area contributed by atoms with Gasteiger partial charge in [0, 0.05) is 11.2 Å². The van der Waals surface area contributed by atoms with Gasteiger partial charge in [0.05, 0.1) is 12.6 Å². The van der Waals surface area contributed by atoms with Crippen molar-refractivity contribution in [3.63, 3.8) is 0 Å². The predicted octanol–water partition coefficient (Wildman–Crippen LogP) is 1.30. The summed E-state index contributed by atoms with van der Waals surface area (Å²) in [6, 6.07) is 5.85. The maximum atomic E-state index is 12.8. The topological polar surface area (TPSA) is 62.0 Å². The predicted molar refractivity (Wildman–Crippen MR) is 52.3 cm³/mol. The molecule has 0 bridgehead atoms. The molecule has 0 aliphatic heterocycles. The summed E-state index contributed by atoms with van der Waals surface area (Å²) in [7, 11) is 0. The Balaban J connectivity index is 2.51. The number of nitrogens with two attached hydrogens (primary N) is 1. The lowest BCUT2D eigenvalue weighted by Crippen LogP contribution is -2.14. The third kappa shape index (κ3) is 1.49. The zero-order chi connectivity index (χ0) is 10.1. The maximum Gasteiger partial charge on any atom is 0.125 e. The van der Waals surface area contributed by atoms with Crippen LogP contribution in [0.25, 0.3) is 10.9 Å². The van der Waals surface area contributed by atoms with Crippen LogP contribution in [0.15, 0.2) is 24.3 Å². The van der Waals surface area contributed by atoms with Crippen molar-refractivity contribution in [3.8, 4) is 0 Å². The zero-order valence-electron chi connectivity index (χ0n) is 7.50. The molecule has 0 unspecified atom stereocenters. The molecule has 0 radical (unpaired) electrons. The van der Waals surface area contributed by atoms with Gasteiger partial charge in [0.15, 0.2) is 0 Å². The fraction of sp³-hybridized carbons (Fsp3) is 0.200. The number of rotatable bonds is 2. The Morgan fingerprint density at radius 3 is 2.93 bits per heavy atom. The highest BCUT2D eigenvalue weighted by atomic mass is 19.1. The summed E-state index contributed by atoms with van der Waals surface area (Å²) in [5, 5.41) is 9.74. The molecule has 14 heavy (non-hydrogen) atoms. The molecule has 1 aromatic carbocycles. The molecule has 74 valence electrons. The Morgan fingerprint density at radius 1 is 1.43 bits per heavy atom. The standard InChI is InChI=1S/C10H11FN2O/c11-7-2-1-6-3-10(8(12)5-14)13-9(6)4-7/h1-4,8,13-14H,5,12H2/t8-/m1/s1. The van der Waals surface area contributed by atoms with E-state index in [-0.39, 0.29) is 12.4 Å². The van der Waals surface area contributed by atoms with Gasteiger partial charge in [0.1, 0.15) is 5.82 Å². The number of aliphatic hydroxyl groups is 1. The first-order valence-electron chi connectivity index (χ1n) is 4.35. The molecule has 0 fully saturated rings. The lowest BCUT2D eigenvalue weighted by atomic mass is 10.2. The van der Waals surface area contributed by atoms with Crippen LogP contribution in [0.3, 0.4) is 0 Å². The van der Waals surface area contributed by atoms with Crippen LogP contribution in [-0.2, 0) is 0 Å². The van der Waals surface area contributed by atoms with Gasteiger partial charge in [-0.1, -0.05) is 0 Å². The Hall–Kier alpha value is -1.39. The van der Waals surface area contributed by atoms with Gasteiger partial charge in [-0.05, 0) is 29.7 Å². The molecule has 0 saturated carbocycles. The summed E-state index contributed by atoms with van der Waals surface area (Å²) in [6.07, 6.45) is 0. The number of aliphatic hydroxyl groups excluding tert-OH is 1. The van der Waals surface area contributed by atoms with Crippen LogP contribution in [0.4, 0.5) is 4.39 Å². The van der Waals surface area contributed by atoms with Crippen LogP contribution in [-0.4, -0.2) is 16.7 Å². The van der Waals surface area contributed by atoms with E-state index in [9.17, 15) is 4.39 Å². The lowest BCUT2D eigenvalue weighted by molar-refractivity contribution is 0.266. The van der Waals surface area contributed by atoms with E-state index in [1.165, 1.54) is 12.1 Å². The molecule has 0 aliphatic carbocycles. The second kappa shape index (κ2) is 3.40. The highest BCUT2D eigenvalue weighted by Gasteiger charge is 2.08. The minimum atomic E-state index is -0.439. The van der Waals surface area contributed by atoms with Crippen LogP contribution in [0, 0.1) is 5.82 Å². The van der Waals surface area contributed by atoms with E-state index < -0.39 is 6.04 Å². The zero-order valence-corrected chi connectivity index (χ0v) is 7.50. The van der Waals surface area contributed by atoms with Crippen molar-refractivity contribution in [2.24, 2.45) is 5.73 Å². The van der Waals surface area contributed by atoms with E-state index in [1.54, 1.807) is 6.07 Å². The van der Waals surface area contributed by atoms with Crippen LogP contribution < -0.4 is 5.73 Å². The molecule has 1 aromatic heterocycles. The second-order valence-electron chi connectivity index (χ2n) is 3.25. The number of benzene rings is 1. The SMILES string of the molecule is N[C@H](CO)c1cc2ccc(F)cc2[nH]1. The molecule has 2 aromatic rings. The number of halogens is 1. The number of aromatic nitrogens is 1. The molecule has 0 amide bonds. The number of aromatic amines is 1. The van der Waals surface area contributed by atoms with Gasteiger partial charge in [0.25, 0.3) is 0 Å². The Bertz CT molecular complexity index is 452. The normalized spacial score (nSPS) is 13.4. The van der Waals surface area contributed by atoms with Crippen molar-refractivity contribution in [2.45, 2.75) is 6.04 Å². The number of fused-ring (bicyclic) bond motifs is 1. The summed E-state index contributed by atoms with van der Waals surface area (Å²) >= 11 is 0. The average molecular weight is 194 g/mol. The molecule has 4 N–H and O–H groups in total. The summed E-state index contributed by atoms with van der Waals surface area (Å²) in [4.78, 5) is 2.96. The molecule has 0 spiro atoms. The average Bonchev–Trinajstić information content (AvgIpc) is 2.59. The highest BCUT2D eigenvalue weighted by molar-refractivity contribution is 5.80. The van der Waals surface area contributed by atoms with Gasteiger partial charge in [-0.25, -0.2) is 4.39 Å². The molecule has 3 nitrogen and oxygen atoms in total. The summed E-state index contributed by atoms with van der Waals surface area (Å²) in [6.45, 7) is -0.130. The quantitative estimate of drug-likeness (QED) is 0.674. The number of hydrogen-bond acceptors (Lipinski definition) is 2. The summed E-state index contributed by atoms with van der Waals surface area (Å²) in [5.41, 5.74) is 7.04. The molecule has 0 aliphatic rings. The first-order valence-corrected chi connectivity index (χ1v) is 4.35. The van der Waals surface area contributed by atoms with Crippen molar-refractivity contribution in [2.75, 3.05) is 6.61 Å². The van der Waals surface area contributed by atoms with Crippen LogP contribution >= 0.6 is 0 Å². The summed E-state index contributed by atoms with van der Waals surface area (Å²) in [5.74, 6) is -0.288. The van der Waals surface area contributed by atoms with Gasteiger partial charge in [-0.2, -0.15) is 0 Å². The molecule has 0 saturated heterocycles. The van der Waals surface area contributed by atoms with Gasteiger partial charge < -0.3 is 15.8 Å². The van der Waals surface area contributed by atoms with Crippen molar-refractivity contribution in [3.05, 3.63) is 35.8 Å². The van der Waals surface area contributed by atoms with Gasteiger partial charge in [-0.15, -0.1) is 0 Å². The largest absolute Gasteiger partial charge is 0.394 e. The summed E-state index contributed by atoms with van der Waals surface area (Å²) < 4.78 is 12.8. The van der Waals surface area contributed by atoms with E-state index in [0.717, 1.165) is 5.39 Å². The smallest absolute Gasteiger partial charge is 0.125 e. The monoisotopic (exact) mass is 194 g/mol. The van der Waals surface area contributed by atoms with Crippen molar-refractivity contribution in [1.82, 2.24) is 4.98 Å². The third-order valence-corrected chi connectivity index (χ3v) is 2.20. The maximum absolute atomic E-state index is 12.8. The number of H-pyrrole nitrogens is 1. The first kappa shape index (κ1) is 9.18. The first-order chi connectivity index (χ1) is 6.70. The van der Waals surface area contributed by atoms with Crippen LogP contribution in [0.5, 0.6) is 0 Å². The van der Waals surface area contributed by atoms with Gasteiger partial charge in [0.2, 0.25) is 0 Å². The van der Waals surface area contributed by atoms with E-state index in [4.69, 9.17) is 10.8 Å². The van der Waals surface area contributed by atoms with Crippen LogP contribution in [0.1, 0.15) is 11.7 Å². The fourth-order valence-electron chi connectivity index (χ4n) is 1.42. The molecule has 4 heteroatoms. The number of nitrogens with one attached hydrogen (secondary N) is 1. The Morgan fingerprint density at radius 2 is 2.21 bits per heavy atom. The highest BCUT2D eigenvalue weighted by Crippen LogP contribution is 2.19. The van der Waals surface area contributed by atoms with E-state index in [1.807, 2.05) is 6.07 Å². The Labute approximate surface area is 80.4 Å². The van der Waals surface area contributed by atoms with Crippen molar-refractivity contribution in [1.29, 1.82) is 0 Å². The van der Waals surface area contributed by atoms with Crippen LogP contribution in [0.2, 0.25) is 0 Å². The molecule has 2 rings (SSSR count). The fourth-order valence-corrected chi connectivity index (χ4v) is 1.42. The second-order valence-corrected chi connectivity index (χ2v) is 3.25. The Kier molecular flexibility index (Phi) is 2.23. The molecular formula is C10H11FN2O. The number of hydrogen-bond donors (Lipinski definition) is 3. The third-order valence-electron chi connectivity index (χ3n) is 2.20. The minimum Gasteiger partial charge on any atom is -0.394 e. The molecular weight excluding hydrogens is 183 g/mol.